The number of aromatic nitrogens is 1. The largest absolute Gasteiger partial charge is 0.774 e. The maximum Gasteiger partial charge on any atom is 0.334 e. The molecule has 1 aromatic rings. The third-order valence-corrected chi connectivity index (χ3v) is 3.79. The summed E-state index contributed by atoms with van der Waals surface area (Å²) >= 11 is 0. The molecule has 7 heteroatoms. The Kier molecular flexibility index (Phi) is 4.36. The van der Waals surface area contributed by atoms with Gasteiger partial charge in [-0.25, -0.2) is 4.57 Å². The van der Waals surface area contributed by atoms with E-state index in [9.17, 15) is 18.2 Å². The van der Waals surface area contributed by atoms with Crippen molar-refractivity contribution in [3.05, 3.63) is 30.1 Å². The smallest absolute Gasteiger partial charge is 0.334 e. The van der Waals surface area contributed by atoms with Gasteiger partial charge in [0.05, 0.1) is 6.61 Å². The average Bonchev–Trinajstić information content (AvgIpc) is 2.29. The molecule has 0 spiro atoms. The van der Waals surface area contributed by atoms with Crippen LogP contribution in [0, 0.1) is 0 Å². The lowest BCUT2D eigenvalue weighted by atomic mass is 10.3. The van der Waals surface area contributed by atoms with E-state index >= 15 is 0 Å². The molecule has 0 fully saturated rings. The number of alkyl halides is 2. The summed E-state index contributed by atoms with van der Waals surface area (Å²) in [7, 11) is -5.23. The second kappa shape index (κ2) is 5.21. The predicted octanol–water partition coefficient (Wildman–Crippen LogP) is 1.63. The highest BCUT2D eigenvalue weighted by Crippen LogP contribution is 2.59. The van der Waals surface area contributed by atoms with Crippen molar-refractivity contribution in [2.45, 2.75) is 26.1 Å². The van der Waals surface area contributed by atoms with Crippen LogP contribution >= 0.6 is 7.60 Å². The van der Waals surface area contributed by atoms with Crippen LogP contribution in [0.15, 0.2) is 24.5 Å². The van der Waals surface area contributed by atoms with E-state index in [0.29, 0.717) is 6.54 Å². The van der Waals surface area contributed by atoms with E-state index in [0.717, 1.165) is 12.1 Å². The molecule has 1 unspecified atom stereocenters. The van der Waals surface area contributed by atoms with Gasteiger partial charge in [-0.3, -0.25) is 0 Å². The lowest BCUT2D eigenvalue weighted by Gasteiger charge is -2.30. The van der Waals surface area contributed by atoms with E-state index in [4.69, 9.17) is 0 Å². The van der Waals surface area contributed by atoms with E-state index in [-0.39, 0.29) is 6.61 Å². The van der Waals surface area contributed by atoms with Crippen molar-refractivity contribution in [2.75, 3.05) is 6.61 Å². The third kappa shape index (κ3) is 2.89. The first kappa shape index (κ1) is 14.2. The van der Waals surface area contributed by atoms with Crippen molar-refractivity contribution >= 4 is 7.60 Å². The molecule has 1 rings (SSSR count). The Morgan fingerprint density at radius 2 is 1.94 bits per heavy atom. The molecule has 96 valence electrons. The summed E-state index contributed by atoms with van der Waals surface area (Å²) in [4.78, 5) is 11.3. The number of halogens is 2. The topological polar surface area (TPSA) is 53.2 Å². The molecule has 0 aliphatic carbocycles. The zero-order valence-electron chi connectivity index (χ0n) is 9.60. The normalized spacial score (nSPS) is 15.6. The number of pyridine rings is 1. The Morgan fingerprint density at radius 1 is 1.41 bits per heavy atom. The summed E-state index contributed by atoms with van der Waals surface area (Å²) < 4.78 is 44.3. The Hall–Kier alpha value is -0.840. The van der Waals surface area contributed by atoms with Gasteiger partial charge in [0.25, 0.3) is 0 Å². The Morgan fingerprint density at radius 3 is 2.35 bits per heavy atom. The lowest BCUT2D eigenvalue weighted by molar-refractivity contribution is -0.693. The molecule has 0 saturated heterocycles. The van der Waals surface area contributed by atoms with Crippen LogP contribution in [0.25, 0.3) is 0 Å². The molecule has 0 amide bonds. The third-order valence-electron chi connectivity index (χ3n) is 2.25. The summed E-state index contributed by atoms with van der Waals surface area (Å²) in [6, 6.07) is 2.15. The molecule has 1 heterocycles. The van der Waals surface area contributed by atoms with Gasteiger partial charge in [0.15, 0.2) is 12.4 Å². The van der Waals surface area contributed by atoms with Gasteiger partial charge in [-0.2, -0.15) is 8.78 Å². The standard InChI is InChI=1S/C10H14F2NO3P/c1-3-13-7-5-9(6-8-13)10(11,12)17(14,15)16-4-2/h5-8H,3-4H2,1-2H3. The lowest BCUT2D eigenvalue weighted by Crippen LogP contribution is -2.32. The van der Waals surface area contributed by atoms with Gasteiger partial charge in [0, 0.05) is 17.7 Å². The van der Waals surface area contributed by atoms with Crippen molar-refractivity contribution in [1.82, 2.24) is 0 Å². The van der Waals surface area contributed by atoms with E-state index in [1.165, 1.54) is 19.3 Å². The van der Waals surface area contributed by atoms with Crippen LogP contribution in [0.5, 0.6) is 0 Å². The molecule has 0 aromatic carbocycles. The van der Waals surface area contributed by atoms with Gasteiger partial charge in [-0.05, 0) is 13.8 Å². The Labute approximate surface area is 98.4 Å². The van der Waals surface area contributed by atoms with Crippen LogP contribution in [0.3, 0.4) is 0 Å². The fraction of sp³-hybridized carbons (Fsp3) is 0.500. The van der Waals surface area contributed by atoms with Crippen molar-refractivity contribution < 1.29 is 27.3 Å². The SMILES string of the molecule is CCOP(=O)([O-])C(F)(F)c1cc[n+](CC)cc1. The van der Waals surface area contributed by atoms with Crippen LogP contribution in [0.4, 0.5) is 8.78 Å². The van der Waals surface area contributed by atoms with Crippen molar-refractivity contribution in [3.8, 4) is 0 Å². The molecule has 0 aliphatic heterocycles. The molecular weight excluding hydrogens is 251 g/mol. The van der Waals surface area contributed by atoms with Gasteiger partial charge in [-0.15, -0.1) is 0 Å². The number of nitrogens with zero attached hydrogens (tertiary/aromatic N) is 1. The predicted molar refractivity (Wildman–Crippen MR) is 55.4 cm³/mol. The fourth-order valence-corrected chi connectivity index (χ4v) is 2.25. The van der Waals surface area contributed by atoms with Crippen LogP contribution < -0.4 is 9.46 Å². The second-order valence-electron chi connectivity index (χ2n) is 3.37. The molecular formula is C10H14F2NO3P. The van der Waals surface area contributed by atoms with Crippen molar-refractivity contribution in [3.63, 3.8) is 0 Å². The Balaban J connectivity index is 3.07. The zero-order valence-corrected chi connectivity index (χ0v) is 10.5. The fourth-order valence-electron chi connectivity index (χ4n) is 1.28. The van der Waals surface area contributed by atoms with Gasteiger partial charge >= 0.3 is 5.66 Å². The second-order valence-corrected chi connectivity index (χ2v) is 5.19. The molecule has 1 aromatic heterocycles. The number of hydrogen-bond acceptors (Lipinski definition) is 3. The summed E-state index contributed by atoms with van der Waals surface area (Å²) in [6.45, 7) is 3.50. The molecule has 0 saturated carbocycles. The zero-order chi connectivity index (χ0) is 13.1. The molecule has 4 nitrogen and oxygen atoms in total. The number of rotatable bonds is 5. The van der Waals surface area contributed by atoms with E-state index < -0.39 is 18.8 Å². The minimum atomic E-state index is -5.23. The maximum atomic E-state index is 13.6. The van der Waals surface area contributed by atoms with Gasteiger partial charge in [0.1, 0.15) is 6.54 Å². The number of aryl methyl sites for hydroxylation is 1. The van der Waals surface area contributed by atoms with Crippen LogP contribution in [-0.2, 0) is 21.3 Å². The van der Waals surface area contributed by atoms with Crippen LogP contribution in [-0.4, -0.2) is 6.61 Å². The molecule has 1 atom stereocenters. The minimum Gasteiger partial charge on any atom is -0.774 e. The van der Waals surface area contributed by atoms with Crippen molar-refractivity contribution in [1.29, 1.82) is 0 Å². The number of hydrogen-bond donors (Lipinski definition) is 0. The average molecular weight is 265 g/mol. The molecule has 17 heavy (non-hydrogen) atoms. The van der Waals surface area contributed by atoms with Crippen LogP contribution in [0.2, 0.25) is 0 Å². The summed E-state index contributed by atoms with van der Waals surface area (Å²) in [5.74, 6) is 0. The molecule has 0 aliphatic rings. The summed E-state index contributed by atoms with van der Waals surface area (Å²) in [5.41, 5.74) is -4.59. The van der Waals surface area contributed by atoms with Gasteiger partial charge < -0.3 is 14.0 Å². The van der Waals surface area contributed by atoms with E-state index in [1.54, 1.807) is 4.57 Å². The van der Waals surface area contributed by atoms with E-state index in [2.05, 4.69) is 4.52 Å². The first-order valence-electron chi connectivity index (χ1n) is 5.18. The highest BCUT2D eigenvalue weighted by atomic mass is 31.2. The molecule has 0 N–H and O–H groups in total. The highest BCUT2D eigenvalue weighted by Gasteiger charge is 2.45. The van der Waals surface area contributed by atoms with Gasteiger partial charge in [-0.1, -0.05) is 0 Å². The quantitative estimate of drug-likeness (QED) is 0.600. The summed E-state index contributed by atoms with van der Waals surface area (Å²) in [5, 5.41) is 0. The maximum absolute atomic E-state index is 13.6. The van der Waals surface area contributed by atoms with Gasteiger partial charge in [0.2, 0.25) is 7.60 Å². The monoisotopic (exact) mass is 265 g/mol. The van der Waals surface area contributed by atoms with E-state index in [1.807, 2.05) is 6.92 Å². The molecule has 0 radical (unpaired) electrons. The molecule has 0 bridgehead atoms. The van der Waals surface area contributed by atoms with Crippen molar-refractivity contribution in [2.24, 2.45) is 0 Å². The Bertz CT molecular complexity index is 422. The first-order chi connectivity index (χ1) is 7.85. The highest BCUT2D eigenvalue weighted by molar-refractivity contribution is 7.52. The summed E-state index contributed by atoms with van der Waals surface area (Å²) in [6.07, 6.45) is 2.80. The van der Waals surface area contributed by atoms with Crippen LogP contribution in [0.1, 0.15) is 19.4 Å². The first-order valence-corrected chi connectivity index (χ1v) is 6.72. The minimum absolute atomic E-state index is 0.307.